The number of nitrogens with one attached hydrogen (secondary N) is 1. The topological polar surface area (TPSA) is 24.5 Å². The molecule has 0 bridgehead atoms. The van der Waals surface area contributed by atoms with E-state index in [1.165, 1.54) is 16.3 Å². The lowest BCUT2D eigenvalue weighted by Gasteiger charge is -2.33. The van der Waals surface area contributed by atoms with Crippen molar-refractivity contribution in [2.24, 2.45) is 0 Å². The van der Waals surface area contributed by atoms with Gasteiger partial charge in [0.15, 0.2) is 0 Å². The minimum atomic E-state index is 0.570. The van der Waals surface area contributed by atoms with E-state index in [2.05, 4.69) is 90.8 Å². The van der Waals surface area contributed by atoms with Gasteiger partial charge >= 0.3 is 0 Å². The van der Waals surface area contributed by atoms with Gasteiger partial charge in [-0.1, -0.05) is 73.8 Å². The number of hydrogen-bond donors (Lipinski definition) is 1. The Balaban J connectivity index is 1.37. The number of hydrogen-bond acceptors (Lipinski definition) is 3. The normalized spacial score (nSPS) is 14.0. The van der Waals surface area contributed by atoms with Crippen molar-refractivity contribution in [2.75, 3.05) is 23.4 Å². The second-order valence-corrected chi connectivity index (χ2v) is 9.94. The quantitative estimate of drug-likeness (QED) is 0.286. The maximum atomic E-state index is 6.18. The van der Waals surface area contributed by atoms with Crippen LogP contribution in [0.15, 0.2) is 116 Å². The van der Waals surface area contributed by atoms with Gasteiger partial charge in [-0.15, -0.1) is 0 Å². The van der Waals surface area contributed by atoms with Gasteiger partial charge < -0.3 is 15.0 Å². The summed E-state index contributed by atoms with van der Waals surface area (Å²) in [6.45, 7) is 14.6. The van der Waals surface area contributed by atoms with Gasteiger partial charge in [0.2, 0.25) is 0 Å². The molecule has 37 heavy (non-hydrogen) atoms. The van der Waals surface area contributed by atoms with Gasteiger partial charge in [0, 0.05) is 45.9 Å². The molecule has 0 amide bonds. The highest BCUT2D eigenvalue weighted by atomic mass is 35.5. The predicted molar refractivity (Wildman–Crippen MR) is 157 cm³/mol. The van der Waals surface area contributed by atoms with E-state index in [9.17, 15) is 0 Å². The summed E-state index contributed by atoms with van der Waals surface area (Å²) in [6, 6.07) is 26.8. The van der Waals surface area contributed by atoms with Crippen LogP contribution in [0.2, 0.25) is 5.02 Å². The van der Waals surface area contributed by atoms with Crippen molar-refractivity contribution in [3.05, 3.63) is 138 Å². The molecule has 0 fully saturated rings. The predicted octanol–water partition coefficient (Wildman–Crippen LogP) is 8.48. The van der Waals surface area contributed by atoms with Crippen LogP contribution in [0.1, 0.15) is 16.7 Å². The average Bonchev–Trinajstić information content (AvgIpc) is 3.36. The van der Waals surface area contributed by atoms with Crippen LogP contribution in [-0.4, -0.2) is 13.2 Å². The van der Waals surface area contributed by atoms with Crippen molar-refractivity contribution in [1.82, 2.24) is 0 Å². The summed E-state index contributed by atoms with van der Waals surface area (Å²) in [5.74, 6) is 0.938. The molecule has 2 aliphatic rings. The molecular formula is C33H27ClN2O. The van der Waals surface area contributed by atoms with Crippen molar-refractivity contribution in [3.63, 3.8) is 0 Å². The van der Waals surface area contributed by atoms with Crippen LogP contribution in [0, 0.1) is 0 Å². The Kier molecular flexibility index (Phi) is 5.86. The molecule has 0 atom stereocenters. The second kappa shape index (κ2) is 9.34. The fourth-order valence-corrected chi connectivity index (χ4v) is 5.27. The molecule has 0 aliphatic carbocycles. The molecule has 0 aromatic heterocycles. The number of anilines is 2. The molecule has 2 heterocycles. The summed E-state index contributed by atoms with van der Waals surface area (Å²) in [4.78, 5) is 2.23. The summed E-state index contributed by atoms with van der Waals surface area (Å²) in [5, 5.41) is 6.48. The molecule has 0 saturated carbocycles. The summed E-state index contributed by atoms with van der Waals surface area (Å²) in [5.41, 5.74) is 9.07. The third kappa shape index (κ3) is 4.43. The number of fused-ring (bicyclic) bond motifs is 3. The standard InChI is InChI=1S/C33H27ClN2O/c1-21(35-29-10-6-9-28(34)17-29)19-36-20-31(22(2)25-12-11-24-7-4-5-8-26(24)15-25)23(3)30-18-33-27(13-14-37-33)16-32(30)36/h4-12,15-18,20,35H,1-3,13-14,19H2. The van der Waals surface area contributed by atoms with Crippen LogP contribution in [0.4, 0.5) is 11.4 Å². The third-order valence-corrected chi connectivity index (χ3v) is 7.22. The number of allylic oxidation sites excluding steroid dienone is 3. The Labute approximate surface area is 222 Å². The van der Waals surface area contributed by atoms with Crippen molar-refractivity contribution >= 4 is 44.9 Å². The molecule has 4 aromatic rings. The molecule has 4 aromatic carbocycles. The Morgan fingerprint density at radius 1 is 0.946 bits per heavy atom. The lowest BCUT2D eigenvalue weighted by molar-refractivity contribution is 0.356. The highest BCUT2D eigenvalue weighted by Crippen LogP contribution is 2.45. The maximum Gasteiger partial charge on any atom is 0.123 e. The van der Waals surface area contributed by atoms with Gasteiger partial charge in [-0.05, 0) is 69.4 Å². The summed E-state index contributed by atoms with van der Waals surface area (Å²) in [7, 11) is 0. The summed E-state index contributed by atoms with van der Waals surface area (Å²) in [6.07, 6.45) is 3.06. The monoisotopic (exact) mass is 502 g/mol. The second-order valence-electron chi connectivity index (χ2n) is 9.50. The van der Waals surface area contributed by atoms with Gasteiger partial charge in [0.25, 0.3) is 0 Å². The van der Waals surface area contributed by atoms with Crippen molar-refractivity contribution in [2.45, 2.75) is 6.42 Å². The molecular weight excluding hydrogens is 476 g/mol. The molecule has 4 heteroatoms. The van der Waals surface area contributed by atoms with Crippen LogP contribution in [0.25, 0.3) is 21.9 Å². The van der Waals surface area contributed by atoms with E-state index in [4.69, 9.17) is 16.3 Å². The highest BCUT2D eigenvalue weighted by Gasteiger charge is 2.27. The maximum absolute atomic E-state index is 6.18. The SMILES string of the molecule is C=C(CN1C=C(C(=C)c2ccc3ccccc3c2)C(=C)c2cc3c(cc21)CCO3)Nc1cccc(Cl)c1. The molecule has 3 nitrogen and oxygen atoms in total. The first-order valence-corrected chi connectivity index (χ1v) is 12.7. The Bertz CT molecular complexity index is 1630. The molecule has 0 unspecified atom stereocenters. The number of benzene rings is 4. The number of nitrogens with zero attached hydrogens (tertiary/aromatic N) is 1. The lowest BCUT2D eigenvalue weighted by Crippen LogP contribution is -2.26. The Hall–Kier alpha value is -4.21. The number of rotatable bonds is 6. The van der Waals surface area contributed by atoms with E-state index in [1.807, 2.05) is 24.3 Å². The van der Waals surface area contributed by atoms with E-state index in [-0.39, 0.29) is 0 Å². The average molecular weight is 503 g/mol. The van der Waals surface area contributed by atoms with Gasteiger partial charge in [-0.3, -0.25) is 0 Å². The zero-order valence-electron chi connectivity index (χ0n) is 20.6. The van der Waals surface area contributed by atoms with Crippen molar-refractivity contribution in [1.29, 1.82) is 0 Å². The molecule has 182 valence electrons. The molecule has 6 rings (SSSR count). The fourth-order valence-electron chi connectivity index (χ4n) is 5.08. The van der Waals surface area contributed by atoms with Gasteiger partial charge in [-0.2, -0.15) is 0 Å². The molecule has 2 aliphatic heterocycles. The van der Waals surface area contributed by atoms with Crippen molar-refractivity contribution < 1.29 is 4.74 Å². The van der Waals surface area contributed by atoms with E-state index in [0.29, 0.717) is 18.2 Å². The molecule has 0 spiro atoms. The number of ether oxygens (including phenoxy) is 1. The highest BCUT2D eigenvalue weighted by molar-refractivity contribution is 6.30. The van der Waals surface area contributed by atoms with Gasteiger partial charge in [0.1, 0.15) is 5.75 Å². The van der Waals surface area contributed by atoms with E-state index in [1.54, 1.807) is 0 Å². The van der Waals surface area contributed by atoms with Crippen molar-refractivity contribution in [3.8, 4) is 5.75 Å². The Morgan fingerprint density at radius 3 is 2.62 bits per heavy atom. The molecule has 1 N–H and O–H groups in total. The van der Waals surface area contributed by atoms with E-state index in [0.717, 1.165) is 57.1 Å². The zero-order valence-corrected chi connectivity index (χ0v) is 21.3. The van der Waals surface area contributed by atoms with Crippen LogP contribution in [0.5, 0.6) is 5.75 Å². The Morgan fingerprint density at radius 2 is 1.78 bits per heavy atom. The van der Waals surface area contributed by atoms with Crippen LogP contribution in [-0.2, 0) is 6.42 Å². The molecule has 0 saturated heterocycles. The minimum absolute atomic E-state index is 0.570. The van der Waals surface area contributed by atoms with Crippen LogP contribution >= 0.6 is 11.6 Å². The smallest absolute Gasteiger partial charge is 0.123 e. The summed E-state index contributed by atoms with van der Waals surface area (Å²) < 4.78 is 5.90. The largest absolute Gasteiger partial charge is 0.493 e. The third-order valence-electron chi connectivity index (χ3n) is 6.98. The van der Waals surface area contributed by atoms with Crippen LogP contribution < -0.4 is 15.0 Å². The first kappa shape index (κ1) is 23.2. The van der Waals surface area contributed by atoms with Gasteiger partial charge in [-0.25, -0.2) is 0 Å². The molecule has 0 radical (unpaired) electrons. The van der Waals surface area contributed by atoms with Crippen LogP contribution in [0.3, 0.4) is 0 Å². The lowest BCUT2D eigenvalue weighted by atomic mass is 9.86. The minimum Gasteiger partial charge on any atom is -0.493 e. The first-order valence-electron chi connectivity index (χ1n) is 12.3. The fraction of sp³-hybridized carbons (Fsp3) is 0.0909. The first-order chi connectivity index (χ1) is 18.0. The zero-order chi connectivity index (χ0) is 25.5. The van der Waals surface area contributed by atoms with E-state index >= 15 is 0 Å². The van der Waals surface area contributed by atoms with Gasteiger partial charge in [0.05, 0.1) is 13.2 Å². The summed E-state index contributed by atoms with van der Waals surface area (Å²) >= 11 is 6.18. The van der Waals surface area contributed by atoms with E-state index < -0.39 is 0 Å². The number of halogens is 1.